The Hall–Kier alpha value is -2.66. The van der Waals surface area contributed by atoms with Crippen LogP contribution in [0.3, 0.4) is 0 Å². The maximum Gasteiger partial charge on any atom is 0.0882 e. The Morgan fingerprint density at radius 1 is 1.17 bits per heavy atom. The molecule has 1 aliphatic heterocycles. The van der Waals surface area contributed by atoms with Gasteiger partial charge in [-0.3, -0.25) is 9.98 Å². The minimum Gasteiger partial charge on any atom is -0.283 e. The second-order valence-corrected chi connectivity index (χ2v) is 5.65. The van der Waals surface area contributed by atoms with Crippen molar-refractivity contribution in [2.24, 2.45) is 4.99 Å². The summed E-state index contributed by atoms with van der Waals surface area (Å²) in [4.78, 5) is 8.96. The molecule has 0 N–H and O–H groups in total. The van der Waals surface area contributed by atoms with Crippen LogP contribution in [0.1, 0.15) is 36.9 Å². The summed E-state index contributed by atoms with van der Waals surface area (Å²) in [6.07, 6.45) is 16.3. The van der Waals surface area contributed by atoms with Crippen molar-refractivity contribution in [3.05, 3.63) is 77.7 Å². The van der Waals surface area contributed by atoms with E-state index in [0.717, 1.165) is 49.2 Å². The van der Waals surface area contributed by atoms with Crippen molar-refractivity contribution in [3.8, 4) is 11.8 Å². The maximum atomic E-state index is 4.48. The molecular formula is C21H20N2. The number of rotatable bonds is 3. The van der Waals surface area contributed by atoms with E-state index in [9.17, 15) is 0 Å². The van der Waals surface area contributed by atoms with Crippen molar-refractivity contribution < 1.29 is 0 Å². The van der Waals surface area contributed by atoms with Gasteiger partial charge in [0.25, 0.3) is 0 Å². The van der Waals surface area contributed by atoms with Gasteiger partial charge in [-0.25, -0.2) is 0 Å². The summed E-state index contributed by atoms with van der Waals surface area (Å²) in [5, 5.41) is 0. The highest BCUT2D eigenvalue weighted by molar-refractivity contribution is 6.07. The second-order valence-electron chi connectivity index (χ2n) is 5.65. The molecule has 0 radical (unpaired) electrons. The van der Waals surface area contributed by atoms with E-state index >= 15 is 0 Å². The number of pyridine rings is 1. The number of nitrogens with zero attached hydrogens (tertiary/aromatic N) is 2. The quantitative estimate of drug-likeness (QED) is 0.600. The fraction of sp³-hybridized carbons (Fsp3) is 0.238. The molecular weight excluding hydrogens is 280 g/mol. The monoisotopic (exact) mass is 300 g/mol. The molecule has 2 heteroatoms. The lowest BCUT2D eigenvalue weighted by molar-refractivity contribution is 0.903. The fourth-order valence-corrected chi connectivity index (χ4v) is 2.59. The number of dihydropyridines is 1. The summed E-state index contributed by atoms with van der Waals surface area (Å²) in [6.45, 7) is 4.63. The van der Waals surface area contributed by atoms with Crippen LogP contribution in [0.15, 0.2) is 71.4 Å². The third kappa shape index (κ3) is 4.17. The SMILES string of the molecule is C=CCC1=CC=C(C#Cc2ccc(C3=NCCC=C3)nc2)CC1. The molecule has 0 bridgehead atoms. The number of aromatic nitrogens is 1. The van der Waals surface area contributed by atoms with Crippen LogP contribution in [-0.4, -0.2) is 17.2 Å². The molecule has 2 aliphatic rings. The number of hydrogen-bond donors (Lipinski definition) is 0. The zero-order valence-electron chi connectivity index (χ0n) is 13.3. The lowest BCUT2D eigenvalue weighted by atomic mass is 9.96. The van der Waals surface area contributed by atoms with E-state index < -0.39 is 0 Å². The van der Waals surface area contributed by atoms with E-state index in [-0.39, 0.29) is 0 Å². The lowest BCUT2D eigenvalue weighted by Gasteiger charge is -2.09. The van der Waals surface area contributed by atoms with E-state index in [1.165, 1.54) is 11.1 Å². The first-order chi connectivity index (χ1) is 11.3. The summed E-state index contributed by atoms with van der Waals surface area (Å²) in [6, 6.07) is 4.01. The largest absolute Gasteiger partial charge is 0.283 e. The molecule has 1 aliphatic carbocycles. The first kappa shape index (κ1) is 15.2. The topological polar surface area (TPSA) is 25.2 Å². The van der Waals surface area contributed by atoms with Crippen LogP contribution in [0, 0.1) is 11.8 Å². The summed E-state index contributed by atoms with van der Waals surface area (Å²) in [7, 11) is 0. The van der Waals surface area contributed by atoms with E-state index in [0.29, 0.717) is 0 Å². The Kier molecular flexibility index (Phi) is 5.01. The molecule has 2 heterocycles. The predicted molar refractivity (Wildman–Crippen MR) is 96.5 cm³/mol. The lowest BCUT2D eigenvalue weighted by Crippen LogP contribution is -2.04. The first-order valence-corrected chi connectivity index (χ1v) is 8.04. The van der Waals surface area contributed by atoms with Crippen molar-refractivity contribution in [1.82, 2.24) is 4.98 Å². The number of allylic oxidation sites excluding steroid dienone is 6. The zero-order chi connectivity index (χ0) is 15.9. The Morgan fingerprint density at radius 3 is 2.78 bits per heavy atom. The van der Waals surface area contributed by atoms with Crippen molar-refractivity contribution >= 4 is 5.71 Å². The predicted octanol–water partition coefficient (Wildman–Crippen LogP) is 4.40. The summed E-state index contributed by atoms with van der Waals surface area (Å²) < 4.78 is 0. The van der Waals surface area contributed by atoms with Gasteiger partial charge in [0, 0.05) is 23.9 Å². The maximum absolute atomic E-state index is 4.48. The summed E-state index contributed by atoms with van der Waals surface area (Å²) >= 11 is 0. The standard InChI is InChI=1S/C21H20N2/c1-2-5-17-7-9-18(10-8-17)11-12-19-13-14-21(23-16-19)20-6-3-4-15-22-20/h2-3,6-7,9,13-14,16H,1,4-5,8,10,15H2. The highest BCUT2D eigenvalue weighted by atomic mass is 14.8. The Balaban J connectivity index is 1.69. The van der Waals surface area contributed by atoms with Gasteiger partial charge < -0.3 is 0 Å². The molecule has 2 nitrogen and oxygen atoms in total. The summed E-state index contributed by atoms with van der Waals surface area (Å²) in [5.74, 6) is 6.46. The molecule has 0 fully saturated rings. The molecule has 0 saturated carbocycles. The molecule has 114 valence electrons. The molecule has 0 amide bonds. The molecule has 23 heavy (non-hydrogen) atoms. The van der Waals surface area contributed by atoms with Gasteiger partial charge in [-0.05, 0) is 43.9 Å². The third-order valence-corrected chi connectivity index (χ3v) is 3.89. The minimum atomic E-state index is 0.852. The minimum absolute atomic E-state index is 0.852. The van der Waals surface area contributed by atoms with Gasteiger partial charge >= 0.3 is 0 Å². The van der Waals surface area contributed by atoms with Gasteiger partial charge in [0.15, 0.2) is 0 Å². The average Bonchev–Trinajstić information content (AvgIpc) is 2.63. The Labute approximate surface area is 138 Å². The van der Waals surface area contributed by atoms with E-state index in [1.54, 1.807) is 0 Å². The molecule has 0 aromatic carbocycles. The highest BCUT2D eigenvalue weighted by Crippen LogP contribution is 2.20. The average molecular weight is 300 g/mol. The molecule has 0 spiro atoms. The molecule has 0 unspecified atom stereocenters. The van der Waals surface area contributed by atoms with Gasteiger partial charge in [0.05, 0.1) is 11.4 Å². The van der Waals surface area contributed by atoms with Crippen LogP contribution in [0.25, 0.3) is 0 Å². The van der Waals surface area contributed by atoms with Crippen LogP contribution in [0.5, 0.6) is 0 Å². The van der Waals surface area contributed by atoms with E-state index in [1.807, 2.05) is 30.5 Å². The van der Waals surface area contributed by atoms with Gasteiger partial charge in [-0.15, -0.1) is 6.58 Å². The van der Waals surface area contributed by atoms with Crippen molar-refractivity contribution in [2.75, 3.05) is 6.54 Å². The fourth-order valence-electron chi connectivity index (χ4n) is 2.59. The second kappa shape index (κ2) is 7.56. The zero-order valence-corrected chi connectivity index (χ0v) is 13.3. The molecule has 1 aromatic heterocycles. The van der Waals surface area contributed by atoms with Crippen LogP contribution in [0.4, 0.5) is 0 Å². The third-order valence-electron chi connectivity index (χ3n) is 3.89. The van der Waals surface area contributed by atoms with Gasteiger partial charge in [0.1, 0.15) is 0 Å². The molecule has 3 rings (SSSR count). The number of aliphatic imine (C=N–C) groups is 1. The highest BCUT2D eigenvalue weighted by Gasteiger charge is 2.05. The van der Waals surface area contributed by atoms with Gasteiger partial charge in [-0.2, -0.15) is 0 Å². The van der Waals surface area contributed by atoms with Crippen LogP contribution < -0.4 is 0 Å². The normalized spacial score (nSPS) is 16.6. The Bertz CT molecular complexity index is 762. The molecule has 0 saturated heterocycles. The van der Waals surface area contributed by atoms with Crippen LogP contribution in [0.2, 0.25) is 0 Å². The first-order valence-electron chi connectivity index (χ1n) is 8.04. The van der Waals surface area contributed by atoms with Crippen LogP contribution >= 0.6 is 0 Å². The Morgan fingerprint density at radius 2 is 2.13 bits per heavy atom. The smallest absolute Gasteiger partial charge is 0.0882 e. The van der Waals surface area contributed by atoms with E-state index in [4.69, 9.17) is 0 Å². The van der Waals surface area contributed by atoms with Crippen molar-refractivity contribution in [3.63, 3.8) is 0 Å². The van der Waals surface area contributed by atoms with E-state index in [2.05, 4.69) is 46.6 Å². The van der Waals surface area contributed by atoms with Gasteiger partial charge in [-0.1, -0.05) is 41.7 Å². The molecule has 0 atom stereocenters. The molecule has 1 aromatic rings. The van der Waals surface area contributed by atoms with Crippen molar-refractivity contribution in [2.45, 2.75) is 25.7 Å². The van der Waals surface area contributed by atoms with Crippen LogP contribution in [-0.2, 0) is 0 Å². The number of hydrogen-bond acceptors (Lipinski definition) is 2. The van der Waals surface area contributed by atoms with Crippen molar-refractivity contribution in [1.29, 1.82) is 0 Å². The van der Waals surface area contributed by atoms with Gasteiger partial charge in [0.2, 0.25) is 0 Å². The summed E-state index contributed by atoms with van der Waals surface area (Å²) in [5.41, 5.74) is 5.43.